The van der Waals surface area contributed by atoms with E-state index < -0.39 is 0 Å². The molecule has 0 spiro atoms. The highest BCUT2D eigenvalue weighted by molar-refractivity contribution is 6.07. The number of carbonyl (C=O) groups excluding carboxylic acids is 1. The monoisotopic (exact) mass is 216 g/mol. The summed E-state index contributed by atoms with van der Waals surface area (Å²) in [6, 6.07) is 3.79. The fourth-order valence-corrected chi connectivity index (χ4v) is 1.76. The highest BCUT2D eigenvalue weighted by Crippen LogP contribution is 2.19. The first kappa shape index (κ1) is 10.9. The fraction of sp³-hybridized carbons (Fsp3) is 0.385. The lowest BCUT2D eigenvalue weighted by molar-refractivity contribution is 0.0965. The van der Waals surface area contributed by atoms with Crippen LogP contribution in [0.25, 0.3) is 11.0 Å². The molecule has 0 aromatic carbocycles. The molecule has 3 heteroatoms. The van der Waals surface area contributed by atoms with Gasteiger partial charge in [-0.25, -0.2) is 4.98 Å². The van der Waals surface area contributed by atoms with E-state index in [1.54, 1.807) is 12.4 Å². The number of carbonyl (C=O) groups is 1. The Labute approximate surface area is 94.9 Å². The fourth-order valence-electron chi connectivity index (χ4n) is 1.76. The van der Waals surface area contributed by atoms with Crippen molar-refractivity contribution >= 4 is 16.8 Å². The first-order valence-corrected chi connectivity index (χ1v) is 5.67. The molecule has 2 aromatic rings. The summed E-state index contributed by atoms with van der Waals surface area (Å²) in [6.07, 6.45) is 5.13. The van der Waals surface area contributed by atoms with Crippen LogP contribution in [0.15, 0.2) is 24.5 Å². The molecule has 0 amide bonds. The van der Waals surface area contributed by atoms with Crippen molar-refractivity contribution in [2.75, 3.05) is 0 Å². The van der Waals surface area contributed by atoms with Crippen molar-refractivity contribution in [1.29, 1.82) is 0 Å². The largest absolute Gasteiger partial charge is 0.345 e. The van der Waals surface area contributed by atoms with Crippen LogP contribution in [-0.2, 0) is 0 Å². The predicted octanol–water partition coefficient (Wildman–Crippen LogP) is 3.18. The number of hydrogen-bond donors (Lipinski definition) is 1. The lowest BCUT2D eigenvalue weighted by Gasteiger charge is -2.05. The van der Waals surface area contributed by atoms with Crippen LogP contribution in [0.5, 0.6) is 0 Å². The second kappa shape index (κ2) is 4.47. The maximum absolute atomic E-state index is 12.0. The average Bonchev–Trinajstić information content (AvgIpc) is 2.72. The number of H-pyrrole nitrogens is 1. The molecule has 0 saturated carbocycles. The zero-order chi connectivity index (χ0) is 11.5. The summed E-state index contributed by atoms with van der Waals surface area (Å²) in [4.78, 5) is 19.2. The third-order valence-corrected chi connectivity index (χ3v) is 2.98. The van der Waals surface area contributed by atoms with Crippen LogP contribution in [0.1, 0.15) is 37.0 Å². The lowest BCUT2D eigenvalue weighted by atomic mass is 9.98. The molecule has 1 atom stereocenters. The zero-order valence-corrected chi connectivity index (χ0v) is 9.66. The molecule has 0 saturated heterocycles. The SMILES string of the molecule is CCC(C)CC(=O)c1c[nH]c2ncccc12. The summed E-state index contributed by atoms with van der Waals surface area (Å²) in [7, 11) is 0. The summed E-state index contributed by atoms with van der Waals surface area (Å²) in [6.45, 7) is 4.21. The predicted molar refractivity (Wildman–Crippen MR) is 64.5 cm³/mol. The van der Waals surface area contributed by atoms with E-state index in [1.165, 1.54) is 0 Å². The Kier molecular flexibility index (Phi) is 3.04. The molecule has 2 aromatic heterocycles. The highest BCUT2D eigenvalue weighted by Gasteiger charge is 2.14. The number of aromatic nitrogens is 2. The Balaban J connectivity index is 2.30. The van der Waals surface area contributed by atoms with Crippen molar-refractivity contribution < 1.29 is 4.79 Å². The summed E-state index contributed by atoms with van der Waals surface area (Å²) in [5.41, 5.74) is 1.55. The molecule has 0 fully saturated rings. The van der Waals surface area contributed by atoms with Crippen LogP contribution < -0.4 is 0 Å². The van der Waals surface area contributed by atoms with Crippen molar-refractivity contribution in [3.05, 3.63) is 30.1 Å². The van der Waals surface area contributed by atoms with Gasteiger partial charge in [0, 0.05) is 29.8 Å². The maximum atomic E-state index is 12.0. The zero-order valence-electron chi connectivity index (χ0n) is 9.66. The number of ketones is 1. The van der Waals surface area contributed by atoms with Gasteiger partial charge in [0.05, 0.1) is 0 Å². The third kappa shape index (κ3) is 1.98. The molecule has 84 valence electrons. The second-order valence-electron chi connectivity index (χ2n) is 4.24. The van der Waals surface area contributed by atoms with Gasteiger partial charge in [-0.2, -0.15) is 0 Å². The Hall–Kier alpha value is -1.64. The average molecular weight is 216 g/mol. The van der Waals surface area contributed by atoms with E-state index >= 15 is 0 Å². The van der Waals surface area contributed by atoms with Crippen LogP contribution in [0, 0.1) is 5.92 Å². The highest BCUT2D eigenvalue weighted by atomic mass is 16.1. The number of aromatic amines is 1. The van der Waals surface area contributed by atoms with Crippen molar-refractivity contribution in [3.8, 4) is 0 Å². The van der Waals surface area contributed by atoms with Gasteiger partial charge < -0.3 is 4.98 Å². The maximum Gasteiger partial charge on any atom is 0.165 e. The molecule has 1 unspecified atom stereocenters. The summed E-state index contributed by atoms with van der Waals surface area (Å²) in [5.74, 6) is 0.641. The Morgan fingerprint density at radius 1 is 1.56 bits per heavy atom. The van der Waals surface area contributed by atoms with E-state index in [2.05, 4.69) is 23.8 Å². The molecule has 2 rings (SSSR count). The molecule has 0 aliphatic heterocycles. The molecule has 0 radical (unpaired) electrons. The minimum absolute atomic E-state index is 0.202. The molecule has 0 bridgehead atoms. The van der Waals surface area contributed by atoms with Gasteiger partial charge in [-0.15, -0.1) is 0 Å². The van der Waals surface area contributed by atoms with Crippen LogP contribution in [-0.4, -0.2) is 15.8 Å². The number of nitrogens with zero attached hydrogens (tertiary/aromatic N) is 1. The van der Waals surface area contributed by atoms with E-state index in [0.29, 0.717) is 12.3 Å². The van der Waals surface area contributed by atoms with Crippen molar-refractivity contribution in [3.63, 3.8) is 0 Å². The Bertz CT molecular complexity index is 501. The van der Waals surface area contributed by atoms with Gasteiger partial charge in [0.2, 0.25) is 0 Å². The third-order valence-electron chi connectivity index (χ3n) is 2.98. The minimum atomic E-state index is 0.202. The van der Waals surface area contributed by atoms with Gasteiger partial charge in [-0.05, 0) is 18.1 Å². The van der Waals surface area contributed by atoms with Gasteiger partial charge >= 0.3 is 0 Å². The van der Waals surface area contributed by atoms with E-state index in [9.17, 15) is 4.79 Å². The van der Waals surface area contributed by atoms with Crippen LogP contribution in [0.3, 0.4) is 0 Å². The molecular formula is C13H16N2O. The smallest absolute Gasteiger partial charge is 0.165 e. The van der Waals surface area contributed by atoms with Gasteiger partial charge in [-0.3, -0.25) is 4.79 Å². The van der Waals surface area contributed by atoms with Gasteiger partial charge in [-0.1, -0.05) is 20.3 Å². The molecular weight excluding hydrogens is 200 g/mol. The summed E-state index contributed by atoms with van der Waals surface area (Å²) < 4.78 is 0. The normalized spacial score (nSPS) is 12.9. The van der Waals surface area contributed by atoms with Gasteiger partial charge in [0.1, 0.15) is 5.65 Å². The van der Waals surface area contributed by atoms with Crippen molar-refractivity contribution in [1.82, 2.24) is 9.97 Å². The second-order valence-corrected chi connectivity index (χ2v) is 4.24. The molecule has 0 aliphatic rings. The first-order chi connectivity index (χ1) is 7.72. The van der Waals surface area contributed by atoms with Crippen LogP contribution in [0.4, 0.5) is 0 Å². The molecule has 16 heavy (non-hydrogen) atoms. The van der Waals surface area contributed by atoms with E-state index in [-0.39, 0.29) is 5.78 Å². The number of fused-ring (bicyclic) bond motifs is 1. The number of nitrogens with one attached hydrogen (secondary N) is 1. The van der Waals surface area contributed by atoms with E-state index in [0.717, 1.165) is 23.0 Å². The Morgan fingerprint density at radius 2 is 2.38 bits per heavy atom. The molecule has 3 nitrogen and oxygen atoms in total. The molecule has 0 aliphatic carbocycles. The number of hydrogen-bond acceptors (Lipinski definition) is 2. The molecule has 1 N–H and O–H groups in total. The van der Waals surface area contributed by atoms with Gasteiger partial charge in [0.25, 0.3) is 0 Å². The summed E-state index contributed by atoms with van der Waals surface area (Å²) >= 11 is 0. The van der Waals surface area contributed by atoms with E-state index in [4.69, 9.17) is 0 Å². The van der Waals surface area contributed by atoms with Crippen molar-refractivity contribution in [2.45, 2.75) is 26.7 Å². The number of pyridine rings is 1. The lowest BCUT2D eigenvalue weighted by Crippen LogP contribution is -2.04. The standard InChI is InChI=1S/C13H16N2O/c1-3-9(2)7-12(16)11-8-15-13-10(11)5-4-6-14-13/h4-6,8-9H,3,7H2,1-2H3,(H,14,15). The number of Topliss-reactive ketones (excluding diaryl/α,β-unsaturated/α-hetero) is 1. The number of rotatable bonds is 4. The minimum Gasteiger partial charge on any atom is -0.345 e. The summed E-state index contributed by atoms with van der Waals surface area (Å²) in [5, 5.41) is 0.927. The van der Waals surface area contributed by atoms with Crippen molar-refractivity contribution in [2.24, 2.45) is 5.92 Å². The topological polar surface area (TPSA) is 45.8 Å². The van der Waals surface area contributed by atoms with E-state index in [1.807, 2.05) is 12.1 Å². The quantitative estimate of drug-likeness (QED) is 0.798. The molecule has 2 heterocycles. The van der Waals surface area contributed by atoms with Crippen LogP contribution in [0.2, 0.25) is 0 Å². The van der Waals surface area contributed by atoms with Gasteiger partial charge in [0.15, 0.2) is 5.78 Å². The Morgan fingerprint density at radius 3 is 3.12 bits per heavy atom. The first-order valence-electron chi connectivity index (χ1n) is 5.67. The van der Waals surface area contributed by atoms with Crippen LogP contribution >= 0.6 is 0 Å².